The summed E-state index contributed by atoms with van der Waals surface area (Å²) in [5.74, 6) is 0.546. The summed E-state index contributed by atoms with van der Waals surface area (Å²) in [4.78, 5) is 0. The highest BCUT2D eigenvalue weighted by Gasteiger charge is 2.41. The van der Waals surface area contributed by atoms with Crippen molar-refractivity contribution in [2.24, 2.45) is 5.92 Å². The van der Waals surface area contributed by atoms with Crippen LogP contribution in [0.15, 0.2) is 0 Å². The molecule has 22 heavy (non-hydrogen) atoms. The van der Waals surface area contributed by atoms with Crippen LogP contribution in [0.2, 0.25) is 6.04 Å². The van der Waals surface area contributed by atoms with Crippen molar-refractivity contribution in [2.75, 3.05) is 26.4 Å². The fraction of sp³-hybridized carbons (Fsp3) is 0.938. The van der Waals surface area contributed by atoms with Crippen LogP contribution < -0.4 is 0 Å². The third-order valence-electron chi connectivity index (χ3n) is 3.34. The molecular formula is C16H34O4SSi. The van der Waals surface area contributed by atoms with Crippen molar-refractivity contribution in [3.63, 3.8) is 0 Å². The summed E-state index contributed by atoms with van der Waals surface area (Å²) in [6.45, 7) is 12.8. The lowest BCUT2D eigenvalue weighted by Crippen LogP contribution is -2.47. The van der Waals surface area contributed by atoms with Crippen LogP contribution in [0.5, 0.6) is 0 Å². The van der Waals surface area contributed by atoms with Crippen LogP contribution in [0.1, 0.15) is 60.3 Å². The zero-order valence-electron chi connectivity index (χ0n) is 15.0. The predicted molar refractivity (Wildman–Crippen MR) is 97.3 cm³/mol. The highest BCUT2D eigenvalue weighted by Crippen LogP contribution is 2.25. The first kappa shape index (κ1) is 22.0. The Bertz CT molecular complexity index is 272. The summed E-state index contributed by atoms with van der Waals surface area (Å²) >= 11 is 4.89. The van der Waals surface area contributed by atoms with Gasteiger partial charge >= 0.3 is 8.80 Å². The first-order valence-corrected chi connectivity index (χ1v) is 10.9. The Hall–Kier alpha value is -0.0131. The maximum Gasteiger partial charge on any atom is 0.501 e. The van der Waals surface area contributed by atoms with Crippen LogP contribution in [0.25, 0.3) is 0 Å². The normalized spacial score (nSPS) is 13.1. The number of ether oxygens (including phenoxy) is 1. The molecule has 0 aliphatic carbocycles. The van der Waals surface area contributed by atoms with E-state index < -0.39 is 8.80 Å². The van der Waals surface area contributed by atoms with E-state index in [2.05, 4.69) is 6.92 Å². The summed E-state index contributed by atoms with van der Waals surface area (Å²) in [7, 11) is -2.49. The molecule has 0 amide bonds. The Balaban J connectivity index is 4.10. The van der Waals surface area contributed by atoms with E-state index in [1.54, 1.807) is 0 Å². The van der Waals surface area contributed by atoms with Gasteiger partial charge in [0.1, 0.15) is 0 Å². The van der Waals surface area contributed by atoms with Crippen molar-refractivity contribution in [2.45, 2.75) is 66.3 Å². The minimum absolute atomic E-state index is 0.546. The summed E-state index contributed by atoms with van der Waals surface area (Å²) in [5.41, 5.74) is 0. The van der Waals surface area contributed by atoms with Crippen LogP contribution >= 0.6 is 12.2 Å². The monoisotopic (exact) mass is 350 g/mol. The standard InChI is InChI=1S/C16H34O4SSi/c1-6-18-22(19-7-2,20-8-3)14-15(4)12-10-9-11-13-17-16(5)21/h15H,6-14H2,1-5H3. The molecule has 6 heteroatoms. The molecule has 0 spiro atoms. The Kier molecular flexibility index (Phi) is 13.4. The molecule has 0 aromatic heterocycles. The number of unbranched alkanes of at least 4 members (excludes halogenated alkanes) is 2. The van der Waals surface area contributed by atoms with Gasteiger partial charge in [-0.05, 0) is 45.3 Å². The molecular weight excluding hydrogens is 316 g/mol. The lowest BCUT2D eigenvalue weighted by Gasteiger charge is -2.30. The molecule has 1 unspecified atom stereocenters. The third kappa shape index (κ3) is 10.7. The van der Waals surface area contributed by atoms with E-state index in [9.17, 15) is 0 Å². The van der Waals surface area contributed by atoms with Crippen LogP contribution in [0.3, 0.4) is 0 Å². The molecule has 0 rings (SSSR count). The summed E-state index contributed by atoms with van der Waals surface area (Å²) in [5, 5.41) is 0.634. The van der Waals surface area contributed by atoms with E-state index in [0.717, 1.165) is 19.1 Å². The van der Waals surface area contributed by atoms with Crippen LogP contribution in [0, 0.1) is 5.92 Å². The Morgan fingerprint density at radius 3 is 1.95 bits per heavy atom. The predicted octanol–water partition coefficient (Wildman–Crippen LogP) is 4.60. The van der Waals surface area contributed by atoms with E-state index >= 15 is 0 Å². The Labute approximate surface area is 143 Å². The molecule has 0 N–H and O–H groups in total. The van der Waals surface area contributed by atoms with E-state index in [1.165, 1.54) is 19.3 Å². The maximum absolute atomic E-state index is 5.91. The van der Waals surface area contributed by atoms with Gasteiger partial charge in [0, 0.05) is 32.8 Å². The second-order valence-electron chi connectivity index (χ2n) is 5.48. The van der Waals surface area contributed by atoms with Gasteiger partial charge in [-0.1, -0.05) is 26.2 Å². The summed E-state index contributed by atoms with van der Waals surface area (Å²) in [6, 6.07) is 0.901. The van der Waals surface area contributed by atoms with Gasteiger partial charge in [0.2, 0.25) is 0 Å². The Morgan fingerprint density at radius 2 is 1.50 bits per heavy atom. The molecule has 0 radical (unpaired) electrons. The molecule has 0 saturated heterocycles. The first-order chi connectivity index (χ1) is 10.5. The fourth-order valence-electron chi connectivity index (χ4n) is 2.48. The number of rotatable bonds is 14. The van der Waals surface area contributed by atoms with Gasteiger partial charge < -0.3 is 18.0 Å². The molecule has 0 saturated carbocycles. The second kappa shape index (κ2) is 13.4. The largest absolute Gasteiger partial charge is 0.501 e. The van der Waals surface area contributed by atoms with Crippen molar-refractivity contribution in [3.05, 3.63) is 0 Å². The zero-order valence-corrected chi connectivity index (χ0v) is 16.8. The third-order valence-corrected chi connectivity index (χ3v) is 6.84. The fourth-order valence-corrected chi connectivity index (χ4v) is 5.54. The minimum Gasteiger partial charge on any atom is -0.487 e. The second-order valence-corrected chi connectivity index (χ2v) is 8.70. The number of thiocarbonyl (C=S) groups is 1. The van der Waals surface area contributed by atoms with Crippen LogP contribution in [-0.2, 0) is 18.0 Å². The highest BCUT2D eigenvalue weighted by molar-refractivity contribution is 7.80. The molecule has 0 fully saturated rings. The summed E-state index contributed by atoms with van der Waals surface area (Å²) < 4.78 is 23.0. The van der Waals surface area contributed by atoms with Gasteiger partial charge in [-0.15, -0.1) is 0 Å². The van der Waals surface area contributed by atoms with E-state index in [0.29, 0.717) is 30.8 Å². The molecule has 0 bridgehead atoms. The van der Waals surface area contributed by atoms with Crippen molar-refractivity contribution in [1.82, 2.24) is 0 Å². The Morgan fingerprint density at radius 1 is 0.955 bits per heavy atom. The molecule has 0 aliphatic heterocycles. The average Bonchev–Trinajstić information content (AvgIpc) is 2.43. The van der Waals surface area contributed by atoms with Gasteiger partial charge in [0.25, 0.3) is 0 Å². The van der Waals surface area contributed by atoms with E-state index in [-0.39, 0.29) is 0 Å². The van der Waals surface area contributed by atoms with E-state index in [4.69, 9.17) is 30.2 Å². The number of hydrogen-bond acceptors (Lipinski definition) is 5. The van der Waals surface area contributed by atoms with Crippen molar-refractivity contribution >= 4 is 26.1 Å². The smallest absolute Gasteiger partial charge is 0.487 e. The molecule has 0 heterocycles. The van der Waals surface area contributed by atoms with Crippen molar-refractivity contribution < 1.29 is 18.0 Å². The van der Waals surface area contributed by atoms with Gasteiger partial charge in [-0.2, -0.15) is 0 Å². The lowest BCUT2D eigenvalue weighted by molar-refractivity contribution is 0.0672. The quantitative estimate of drug-likeness (QED) is 0.260. The topological polar surface area (TPSA) is 36.9 Å². The van der Waals surface area contributed by atoms with Crippen molar-refractivity contribution in [1.29, 1.82) is 0 Å². The molecule has 0 aliphatic rings. The van der Waals surface area contributed by atoms with Gasteiger partial charge in [-0.25, -0.2) is 0 Å². The van der Waals surface area contributed by atoms with Crippen LogP contribution in [0.4, 0.5) is 0 Å². The van der Waals surface area contributed by atoms with Gasteiger partial charge in [0.05, 0.1) is 6.61 Å². The highest BCUT2D eigenvalue weighted by atomic mass is 32.1. The lowest BCUT2D eigenvalue weighted by atomic mass is 10.1. The molecule has 1 atom stereocenters. The van der Waals surface area contributed by atoms with Crippen molar-refractivity contribution in [3.8, 4) is 0 Å². The molecule has 0 aromatic carbocycles. The number of hydrogen-bond donors (Lipinski definition) is 0. The van der Waals surface area contributed by atoms with Gasteiger partial charge in [-0.3, -0.25) is 0 Å². The maximum atomic E-state index is 5.91. The first-order valence-electron chi connectivity index (χ1n) is 8.54. The summed E-state index contributed by atoms with van der Waals surface area (Å²) in [6.07, 6.45) is 4.58. The minimum atomic E-state index is -2.49. The molecule has 132 valence electrons. The average molecular weight is 351 g/mol. The van der Waals surface area contributed by atoms with Gasteiger partial charge in [0.15, 0.2) is 5.05 Å². The molecule has 0 aromatic rings. The zero-order chi connectivity index (χ0) is 16.8. The SMILES string of the molecule is CCO[Si](CC(C)CCCCCOC(C)=S)(OCC)OCC. The molecule has 4 nitrogen and oxygen atoms in total. The van der Waals surface area contributed by atoms with Crippen LogP contribution in [-0.4, -0.2) is 40.3 Å². The van der Waals surface area contributed by atoms with E-state index in [1.807, 2.05) is 27.7 Å².